The number of rotatable bonds is 0. The van der Waals surface area contributed by atoms with Crippen LogP contribution >= 0.6 is 0 Å². The first-order chi connectivity index (χ1) is 1.41. The second-order valence-corrected chi connectivity index (χ2v) is 0.258. The van der Waals surface area contributed by atoms with E-state index in [4.69, 9.17) is 5.11 Å². The number of aliphatic hydroxyl groups is 1. The summed E-state index contributed by atoms with van der Waals surface area (Å²) in [6.45, 7) is 2.56. The molecule has 1 N–H and O–H groups in total. The van der Waals surface area contributed by atoms with Gasteiger partial charge in [0.25, 0.3) is 0 Å². The smallest absolute Gasteiger partial charge is 0 e. The van der Waals surface area contributed by atoms with E-state index in [2.05, 4.69) is 0 Å². The summed E-state index contributed by atoms with van der Waals surface area (Å²) in [6.07, 6.45) is 0. The van der Waals surface area contributed by atoms with Gasteiger partial charge in [0.1, 0.15) is 0 Å². The quantitative estimate of drug-likeness (QED) is 0.597. The van der Waals surface area contributed by atoms with Crippen LogP contribution in [0.3, 0.4) is 0 Å². The fourth-order valence-corrected chi connectivity index (χ4v) is 0. The maximum Gasteiger partial charge on any atom is 0 e. The molecule has 0 fully saturated rings. The van der Waals surface area contributed by atoms with E-state index in [1.54, 1.807) is 6.92 Å². The van der Waals surface area contributed by atoms with Crippen LogP contribution in [0.15, 0.2) is 0 Å². The second kappa shape index (κ2) is 9.33. The molecule has 0 saturated carbocycles. The summed E-state index contributed by atoms with van der Waals surface area (Å²) < 4.78 is 0. The van der Waals surface area contributed by atoms with Gasteiger partial charge >= 0.3 is 0 Å². The van der Waals surface area contributed by atoms with E-state index in [9.17, 15) is 0 Å². The van der Waals surface area contributed by atoms with Crippen molar-refractivity contribution in [2.24, 2.45) is 0 Å². The van der Waals surface area contributed by atoms with Crippen molar-refractivity contribution in [2.45, 2.75) is 6.92 Å². The Morgan fingerprint density at radius 1 is 1.75 bits per heavy atom. The monoisotopic (exact) mass is 226 g/mol. The molecule has 0 aliphatic carbocycles. The first-order valence-corrected chi connectivity index (χ1v) is 0.836. The Balaban J connectivity index is 0. The average Bonchev–Trinajstić information content (AvgIpc) is 0.918. The van der Waals surface area contributed by atoms with Gasteiger partial charge in [0.15, 0.2) is 0 Å². The summed E-state index contributed by atoms with van der Waals surface area (Å²) in [7, 11) is 0. The molecule has 0 spiro atoms. The van der Waals surface area contributed by atoms with Gasteiger partial charge in [-0.3, -0.25) is 0 Å². The van der Waals surface area contributed by atoms with Crippen LogP contribution in [0.5, 0.6) is 0 Å². The van der Waals surface area contributed by atoms with Crippen LogP contribution in [0, 0.1) is 6.61 Å². The van der Waals surface area contributed by atoms with Crippen molar-refractivity contribution < 1.29 is 27.5 Å². The number of hydrogen-bond donors (Lipinski definition) is 1. The molecule has 0 heterocycles. The first-order valence-electron chi connectivity index (χ1n) is 0.836. The third-order valence-corrected chi connectivity index (χ3v) is 0. The van der Waals surface area contributed by atoms with Crippen LogP contribution in [0.25, 0.3) is 0 Å². The van der Waals surface area contributed by atoms with Gasteiger partial charge in [0.2, 0.25) is 0 Å². The minimum atomic E-state index is 0. The molecule has 0 aromatic rings. The van der Waals surface area contributed by atoms with Crippen LogP contribution in [-0.2, 0) is 22.4 Å². The Morgan fingerprint density at radius 3 is 1.75 bits per heavy atom. The molecule has 0 unspecified atom stereocenters. The molecule has 25 valence electrons. The van der Waals surface area contributed by atoms with Crippen molar-refractivity contribution in [1.29, 1.82) is 0 Å². The minimum absolute atomic E-state index is 0. The molecule has 2 heteroatoms. The predicted molar refractivity (Wildman–Crippen MR) is 11.9 cm³/mol. The van der Waals surface area contributed by atoms with E-state index in [0.717, 1.165) is 6.61 Å². The molecule has 0 atom stereocenters. The van der Waals surface area contributed by atoms with Crippen LogP contribution in [0.1, 0.15) is 6.92 Å². The van der Waals surface area contributed by atoms with Crippen molar-refractivity contribution in [3.8, 4) is 0 Å². The van der Waals surface area contributed by atoms with E-state index >= 15 is 0 Å². The minimum Gasteiger partial charge on any atom is -0.566 e. The van der Waals surface area contributed by atoms with Gasteiger partial charge in [-0.1, -0.05) is 0 Å². The van der Waals surface area contributed by atoms with Gasteiger partial charge in [0.05, 0.1) is 0 Å². The van der Waals surface area contributed by atoms with E-state index in [-0.39, 0.29) is 22.4 Å². The average molecular weight is 226 g/mol. The third-order valence-electron chi connectivity index (χ3n) is 0. The van der Waals surface area contributed by atoms with Gasteiger partial charge in [-0.25, -0.2) is 6.61 Å². The maximum absolute atomic E-state index is 7.44. The van der Waals surface area contributed by atoms with Gasteiger partial charge in [-0.15, -0.1) is 0 Å². The van der Waals surface area contributed by atoms with Crippen molar-refractivity contribution in [3.05, 3.63) is 6.61 Å². The molecule has 0 aromatic heterocycles. The fourth-order valence-electron chi connectivity index (χ4n) is 0. The van der Waals surface area contributed by atoms with Crippen molar-refractivity contribution in [3.63, 3.8) is 0 Å². The van der Waals surface area contributed by atoms with Crippen molar-refractivity contribution in [1.82, 2.24) is 0 Å². The molecule has 0 aliphatic heterocycles. The summed E-state index contributed by atoms with van der Waals surface area (Å²) in [6, 6.07) is 0. The molecule has 0 aromatic carbocycles. The van der Waals surface area contributed by atoms with Crippen LogP contribution in [0.2, 0.25) is 0 Å². The molecule has 1 nitrogen and oxygen atoms in total. The summed E-state index contributed by atoms with van der Waals surface area (Å²) in [4.78, 5) is 0. The zero-order valence-electron chi connectivity index (χ0n) is 2.47. The molecular formula is C2H5OTa-. The third kappa shape index (κ3) is 15.9. The molecule has 0 aliphatic rings. The van der Waals surface area contributed by atoms with E-state index in [0.29, 0.717) is 0 Å². The Bertz CT molecular complexity index is 6.00. The summed E-state index contributed by atoms with van der Waals surface area (Å²) in [5.41, 5.74) is 0. The Labute approximate surface area is 41.5 Å². The summed E-state index contributed by atoms with van der Waals surface area (Å²) in [5, 5.41) is 7.44. The molecule has 0 amide bonds. The SMILES string of the molecule is C[CH-]O.[Ta]. The van der Waals surface area contributed by atoms with Crippen LogP contribution < -0.4 is 0 Å². The second-order valence-electron chi connectivity index (χ2n) is 0.258. The Morgan fingerprint density at radius 2 is 1.75 bits per heavy atom. The summed E-state index contributed by atoms with van der Waals surface area (Å²) >= 11 is 0. The largest absolute Gasteiger partial charge is 0.566 e. The molecule has 1 radical (unpaired) electrons. The first kappa shape index (κ1) is 8.83. The molecular weight excluding hydrogens is 221 g/mol. The molecule has 0 bridgehead atoms. The van der Waals surface area contributed by atoms with E-state index in [1.165, 1.54) is 0 Å². The Hall–Kier alpha value is 0.700. The Kier molecular flexibility index (Phi) is 20.6. The normalized spacial score (nSPS) is 4.50. The zero-order valence-corrected chi connectivity index (χ0v) is 5.69. The van der Waals surface area contributed by atoms with Crippen molar-refractivity contribution >= 4 is 0 Å². The van der Waals surface area contributed by atoms with E-state index in [1.807, 2.05) is 0 Å². The standard InChI is InChI=1S/C2H5O.Ta/c1-2-3;/h2-3H,1H3;/q-1;. The van der Waals surface area contributed by atoms with E-state index < -0.39 is 0 Å². The number of aliphatic hydroxyl groups excluding tert-OH is 1. The maximum atomic E-state index is 7.44. The molecule has 0 saturated heterocycles. The summed E-state index contributed by atoms with van der Waals surface area (Å²) in [5.74, 6) is 0. The number of hydrogen-bond acceptors (Lipinski definition) is 1. The predicted octanol–water partition coefficient (Wildman–Crippen LogP) is 0.538. The zero-order chi connectivity index (χ0) is 2.71. The van der Waals surface area contributed by atoms with Gasteiger partial charge in [0, 0.05) is 22.4 Å². The molecule has 4 heavy (non-hydrogen) atoms. The molecule has 0 rings (SSSR count). The van der Waals surface area contributed by atoms with Crippen molar-refractivity contribution in [2.75, 3.05) is 0 Å². The van der Waals surface area contributed by atoms with Gasteiger partial charge in [-0.05, 0) is 0 Å². The fraction of sp³-hybridized carbons (Fsp3) is 0.500. The van der Waals surface area contributed by atoms with Gasteiger partial charge < -0.3 is 5.11 Å². The topological polar surface area (TPSA) is 20.2 Å². The van der Waals surface area contributed by atoms with Gasteiger partial charge in [-0.2, -0.15) is 6.92 Å². The van der Waals surface area contributed by atoms with Crippen LogP contribution in [-0.4, -0.2) is 5.11 Å². The van der Waals surface area contributed by atoms with Crippen LogP contribution in [0.4, 0.5) is 0 Å².